The van der Waals surface area contributed by atoms with Crippen molar-refractivity contribution in [3.63, 3.8) is 0 Å². The molecule has 1 aliphatic heterocycles. The van der Waals surface area contributed by atoms with E-state index >= 15 is 0 Å². The van der Waals surface area contributed by atoms with Crippen molar-refractivity contribution in [2.75, 3.05) is 18.0 Å². The number of hydrogen-bond acceptors (Lipinski definition) is 2. The first kappa shape index (κ1) is 14.6. The van der Waals surface area contributed by atoms with E-state index in [0.29, 0.717) is 15.4 Å². The Morgan fingerprint density at radius 2 is 2.05 bits per heavy atom. The van der Waals surface area contributed by atoms with E-state index in [1.165, 1.54) is 19.3 Å². The minimum Gasteiger partial charge on any atom is -0.389 e. The van der Waals surface area contributed by atoms with Gasteiger partial charge in [0.05, 0.1) is 0 Å². The van der Waals surface area contributed by atoms with Gasteiger partial charge in [0, 0.05) is 29.4 Å². The number of anilines is 1. The Hall–Kier alpha value is -0.800. The molecule has 0 aliphatic carbocycles. The molecule has 1 heterocycles. The third kappa shape index (κ3) is 3.21. The van der Waals surface area contributed by atoms with Gasteiger partial charge in [0.25, 0.3) is 0 Å². The maximum Gasteiger partial charge on any atom is 0.106 e. The molecule has 1 aromatic carbocycles. The molecule has 104 valence electrons. The van der Waals surface area contributed by atoms with Crippen LogP contribution in [0.25, 0.3) is 0 Å². The van der Waals surface area contributed by atoms with Gasteiger partial charge in [-0.1, -0.05) is 44.1 Å². The van der Waals surface area contributed by atoms with Crippen LogP contribution in [0.15, 0.2) is 18.2 Å². The van der Waals surface area contributed by atoms with E-state index in [2.05, 4.69) is 18.7 Å². The van der Waals surface area contributed by atoms with Gasteiger partial charge in [-0.25, -0.2) is 0 Å². The predicted molar refractivity (Wildman–Crippen MR) is 87.2 cm³/mol. The topological polar surface area (TPSA) is 29.3 Å². The molecule has 19 heavy (non-hydrogen) atoms. The number of benzene rings is 1. The molecule has 0 amide bonds. The molecular weight excluding hydrogens is 276 g/mol. The van der Waals surface area contributed by atoms with E-state index in [-0.39, 0.29) is 0 Å². The van der Waals surface area contributed by atoms with Crippen molar-refractivity contribution in [3.05, 3.63) is 28.8 Å². The van der Waals surface area contributed by atoms with Crippen molar-refractivity contribution in [2.45, 2.75) is 33.1 Å². The summed E-state index contributed by atoms with van der Waals surface area (Å²) in [7, 11) is 0. The van der Waals surface area contributed by atoms with Gasteiger partial charge in [0.1, 0.15) is 4.99 Å². The van der Waals surface area contributed by atoms with Crippen LogP contribution in [0, 0.1) is 5.41 Å². The van der Waals surface area contributed by atoms with Crippen LogP contribution in [0.2, 0.25) is 5.02 Å². The molecule has 0 bridgehead atoms. The highest BCUT2D eigenvalue weighted by atomic mass is 35.5. The highest BCUT2D eigenvalue weighted by molar-refractivity contribution is 7.80. The van der Waals surface area contributed by atoms with E-state index in [4.69, 9.17) is 29.6 Å². The van der Waals surface area contributed by atoms with Crippen LogP contribution in [0.1, 0.15) is 38.7 Å². The largest absolute Gasteiger partial charge is 0.389 e. The summed E-state index contributed by atoms with van der Waals surface area (Å²) >= 11 is 11.2. The van der Waals surface area contributed by atoms with Gasteiger partial charge in [-0.15, -0.1) is 0 Å². The zero-order valence-corrected chi connectivity index (χ0v) is 13.2. The second kappa shape index (κ2) is 5.68. The van der Waals surface area contributed by atoms with E-state index < -0.39 is 0 Å². The molecule has 1 aromatic rings. The number of piperidine rings is 1. The van der Waals surface area contributed by atoms with Gasteiger partial charge in [-0.3, -0.25) is 0 Å². The van der Waals surface area contributed by atoms with Crippen molar-refractivity contribution in [1.29, 1.82) is 0 Å². The predicted octanol–water partition coefficient (Wildman–Crippen LogP) is 3.99. The van der Waals surface area contributed by atoms with Gasteiger partial charge < -0.3 is 10.6 Å². The third-order valence-electron chi connectivity index (χ3n) is 4.39. The van der Waals surface area contributed by atoms with E-state index in [0.717, 1.165) is 24.3 Å². The molecule has 2 rings (SSSR count). The Morgan fingerprint density at radius 1 is 1.42 bits per heavy atom. The van der Waals surface area contributed by atoms with Crippen LogP contribution in [0.5, 0.6) is 0 Å². The summed E-state index contributed by atoms with van der Waals surface area (Å²) in [4.78, 5) is 2.80. The normalized spacial score (nSPS) is 18.4. The molecule has 0 unspecified atom stereocenters. The fraction of sp³-hybridized carbons (Fsp3) is 0.533. The first-order valence-corrected chi connectivity index (χ1v) is 7.58. The molecule has 0 radical (unpaired) electrons. The lowest BCUT2D eigenvalue weighted by Gasteiger charge is -2.40. The molecule has 1 saturated heterocycles. The highest BCUT2D eigenvalue weighted by Crippen LogP contribution is 2.36. The number of nitrogens with zero attached hydrogens (tertiary/aromatic N) is 1. The Kier molecular flexibility index (Phi) is 4.36. The van der Waals surface area contributed by atoms with Crippen LogP contribution >= 0.6 is 23.8 Å². The van der Waals surface area contributed by atoms with Gasteiger partial charge in [-0.2, -0.15) is 0 Å². The van der Waals surface area contributed by atoms with Crippen molar-refractivity contribution >= 4 is 34.5 Å². The standard InChI is InChI=1S/C15H21ClN2S/c1-3-15(2)6-8-18(9-7-15)13-5-4-11(16)10-12(13)14(17)19/h4-5,10H,3,6-9H2,1-2H3,(H2,17,19). The van der Waals surface area contributed by atoms with Crippen LogP contribution in [0.4, 0.5) is 5.69 Å². The zero-order valence-electron chi connectivity index (χ0n) is 11.6. The summed E-state index contributed by atoms with van der Waals surface area (Å²) in [6.07, 6.45) is 3.66. The molecular formula is C15H21ClN2S. The summed E-state index contributed by atoms with van der Waals surface area (Å²) in [6.45, 7) is 6.77. The monoisotopic (exact) mass is 296 g/mol. The van der Waals surface area contributed by atoms with Crippen molar-refractivity contribution in [1.82, 2.24) is 0 Å². The van der Waals surface area contributed by atoms with Crippen LogP contribution in [-0.4, -0.2) is 18.1 Å². The summed E-state index contributed by atoms with van der Waals surface area (Å²) in [5.41, 5.74) is 8.31. The number of rotatable bonds is 3. The maximum atomic E-state index is 6.03. The average molecular weight is 297 g/mol. The lowest BCUT2D eigenvalue weighted by molar-refractivity contribution is 0.238. The van der Waals surface area contributed by atoms with Gasteiger partial charge in [0.2, 0.25) is 0 Å². The second-order valence-electron chi connectivity index (χ2n) is 5.68. The van der Waals surface area contributed by atoms with Gasteiger partial charge >= 0.3 is 0 Å². The second-order valence-corrected chi connectivity index (χ2v) is 6.55. The van der Waals surface area contributed by atoms with Gasteiger partial charge in [-0.05, 0) is 36.5 Å². The lowest BCUT2D eigenvalue weighted by Crippen LogP contribution is -2.39. The van der Waals surface area contributed by atoms with E-state index in [1.807, 2.05) is 18.2 Å². The molecule has 1 aliphatic rings. The summed E-state index contributed by atoms with van der Waals surface area (Å²) in [5, 5.41) is 0.682. The molecule has 2 N–H and O–H groups in total. The Bertz CT molecular complexity index is 479. The van der Waals surface area contributed by atoms with Crippen molar-refractivity contribution in [2.24, 2.45) is 11.1 Å². The molecule has 0 spiro atoms. The molecule has 4 heteroatoms. The van der Waals surface area contributed by atoms with E-state index in [9.17, 15) is 0 Å². The highest BCUT2D eigenvalue weighted by Gasteiger charge is 2.29. The first-order chi connectivity index (χ1) is 8.95. The maximum absolute atomic E-state index is 6.03. The smallest absolute Gasteiger partial charge is 0.106 e. The molecule has 0 saturated carbocycles. The molecule has 0 aromatic heterocycles. The zero-order chi connectivity index (χ0) is 14.0. The van der Waals surface area contributed by atoms with Crippen LogP contribution < -0.4 is 10.6 Å². The summed E-state index contributed by atoms with van der Waals surface area (Å²) in [6, 6.07) is 5.81. The fourth-order valence-electron chi connectivity index (χ4n) is 2.62. The number of hydrogen-bond donors (Lipinski definition) is 1. The SMILES string of the molecule is CCC1(C)CCN(c2ccc(Cl)cc2C(N)=S)CC1. The number of nitrogens with two attached hydrogens (primary N) is 1. The molecule has 0 atom stereocenters. The summed E-state index contributed by atoms with van der Waals surface area (Å²) in [5.74, 6) is 0. The van der Waals surface area contributed by atoms with Crippen molar-refractivity contribution in [3.8, 4) is 0 Å². The average Bonchev–Trinajstić information content (AvgIpc) is 2.40. The summed E-state index contributed by atoms with van der Waals surface area (Å²) < 4.78 is 0. The molecule has 2 nitrogen and oxygen atoms in total. The van der Waals surface area contributed by atoms with Gasteiger partial charge in [0.15, 0.2) is 0 Å². The minimum atomic E-state index is 0.418. The Balaban J connectivity index is 2.22. The minimum absolute atomic E-state index is 0.418. The number of halogens is 1. The Labute approximate surface area is 125 Å². The van der Waals surface area contributed by atoms with E-state index in [1.54, 1.807) is 0 Å². The van der Waals surface area contributed by atoms with Crippen molar-refractivity contribution < 1.29 is 0 Å². The third-order valence-corrected chi connectivity index (χ3v) is 4.84. The quantitative estimate of drug-likeness (QED) is 0.855. The van der Waals surface area contributed by atoms with Crippen LogP contribution in [0.3, 0.4) is 0 Å². The lowest BCUT2D eigenvalue weighted by atomic mass is 9.78. The molecule has 1 fully saturated rings. The van der Waals surface area contributed by atoms with Crippen LogP contribution in [-0.2, 0) is 0 Å². The first-order valence-electron chi connectivity index (χ1n) is 6.79. The fourth-order valence-corrected chi connectivity index (χ4v) is 2.96. The Morgan fingerprint density at radius 3 is 2.58 bits per heavy atom. The number of thiocarbonyl (C=S) groups is 1.